The molecule has 4 nitrogen and oxygen atoms in total. The fourth-order valence-corrected chi connectivity index (χ4v) is 1.50. The molecule has 1 rings (SSSR count). The minimum atomic E-state index is -0.850. The average molecular weight is 268 g/mol. The van der Waals surface area contributed by atoms with Crippen LogP contribution in [0.3, 0.4) is 0 Å². The van der Waals surface area contributed by atoms with Gasteiger partial charge >= 0.3 is 5.97 Å². The zero-order valence-electron chi connectivity index (χ0n) is 11.5. The number of halogens is 1. The van der Waals surface area contributed by atoms with E-state index in [9.17, 15) is 14.0 Å². The summed E-state index contributed by atoms with van der Waals surface area (Å²) in [5.74, 6) is -0.972. The predicted octanol–water partition coefficient (Wildman–Crippen LogP) is 2.61. The van der Waals surface area contributed by atoms with Crippen molar-refractivity contribution in [2.24, 2.45) is 5.41 Å². The molecule has 0 fully saturated rings. The average Bonchev–Trinajstić information content (AvgIpc) is 2.36. The molecule has 0 N–H and O–H groups in total. The highest BCUT2D eigenvalue weighted by molar-refractivity contribution is 5.96. The zero-order chi connectivity index (χ0) is 14.6. The fourth-order valence-electron chi connectivity index (χ4n) is 1.50. The fraction of sp³-hybridized carbons (Fsp3) is 0.429. The van der Waals surface area contributed by atoms with Gasteiger partial charge in [-0.3, -0.25) is 9.59 Å². The van der Waals surface area contributed by atoms with Crippen LogP contribution in [0.25, 0.3) is 0 Å². The molecule has 0 unspecified atom stereocenters. The van der Waals surface area contributed by atoms with Crippen molar-refractivity contribution in [3.8, 4) is 5.75 Å². The second-order valence-corrected chi connectivity index (χ2v) is 4.86. The lowest BCUT2D eigenvalue weighted by Gasteiger charge is -2.22. The van der Waals surface area contributed by atoms with Gasteiger partial charge in [0.05, 0.1) is 18.1 Å². The summed E-state index contributed by atoms with van der Waals surface area (Å²) in [5, 5.41) is 0. The summed E-state index contributed by atoms with van der Waals surface area (Å²) in [4.78, 5) is 22.9. The van der Waals surface area contributed by atoms with E-state index in [0.29, 0.717) is 0 Å². The number of ether oxygens (including phenoxy) is 2. The highest BCUT2D eigenvalue weighted by atomic mass is 19.1. The van der Waals surface area contributed by atoms with Crippen molar-refractivity contribution in [2.45, 2.75) is 20.8 Å². The van der Waals surface area contributed by atoms with Gasteiger partial charge in [0.2, 0.25) is 0 Å². The lowest BCUT2D eigenvalue weighted by molar-refractivity contribution is -0.152. The Balaban J connectivity index is 2.89. The van der Waals surface area contributed by atoms with E-state index in [1.54, 1.807) is 13.8 Å². The first kappa shape index (κ1) is 15.1. The maximum absolute atomic E-state index is 13.1. The van der Waals surface area contributed by atoms with Crippen LogP contribution >= 0.6 is 0 Å². The number of carbonyl (C=O) groups is 2. The summed E-state index contributed by atoms with van der Waals surface area (Å²) in [5.41, 5.74) is -0.697. The first-order valence-corrected chi connectivity index (χ1v) is 5.79. The number of methoxy groups -OCH3 is 1. The summed E-state index contributed by atoms with van der Waals surface area (Å²) < 4.78 is 23.2. The lowest BCUT2D eigenvalue weighted by atomic mass is 9.95. The van der Waals surface area contributed by atoms with Gasteiger partial charge in [-0.05, 0) is 39.0 Å². The molecule has 1 aromatic rings. The Morgan fingerprint density at radius 3 is 2.47 bits per heavy atom. The Morgan fingerprint density at radius 2 is 1.95 bits per heavy atom. The van der Waals surface area contributed by atoms with Crippen molar-refractivity contribution in [1.29, 1.82) is 0 Å². The van der Waals surface area contributed by atoms with Crippen molar-refractivity contribution >= 4 is 11.8 Å². The minimum absolute atomic E-state index is 0.0333. The Hall–Kier alpha value is -1.91. The smallest absolute Gasteiger partial charge is 0.314 e. The molecule has 0 aliphatic rings. The molecule has 5 heteroatoms. The largest absolute Gasteiger partial charge is 0.492 e. The van der Waals surface area contributed by atoms with Crippen LogP contribution in [0, 0.1) is 11.2 Å². The second-order valence-electron chi connectivity index (χ2n) is 4.86. The number of ketones is 1. The van der Waals surface area contributed by atoms with E-state index in [0.717, 1.165) is 6.07 Å². The van der Waals surface area contributed by atoms with Crippen LogP contribution in [0.5, 0.6) is 5.75 Å². The van der Waals surface area contributed by atoms with Gasteiger partial charge in [-0.1, -0.05) is 0 Å². The Labute approximate surface area is 111 Å². The Kier molecular flexibility index (Phi) is 4.64. The van der Waals surface area contributed by atoms with E-state index >= 15 is 0 Å². The number of benzene rings is 1. The number of Topliss-reactive ketones (excluding diaryl/α,β-unsaturated/α-hetero) is 1. The van der Waals surface area contributed by atoms with Crippen LogP contribution in [0.2, 0.25) is 0 Å². The van der Waals surface area contributed by atoms with Gasteiger partial charge in [0, 0.05) is 0 Å². The van der Waals surface area contributed by atoms with Crippen LogP contribution in [-0.4, -0.2) is 25.5 Å². The molecular formula is C14H17FO4. The summed E-state index contributed by atoms with van der Waals surface area (Å²) in [6.45, 7) is 4.68. The molecule has 19 heavy (non-hydrogen) atoms. The van der Waals surface area contributed by atoms with Crippen molar-refractivity contribution in [3.63, 3.8) is 0 Å². The molecule has 0 heterocycles. The van der Waals surface area contributed by atoms with E-state index in [1.165, 1.54) is 26.2 Å². The first-order valence-electron chi connectivity index (χ1n) is 5.79. The highest BCUT2D eigenvalue weighted by Gasteiger charge is 2.30. The molecule has 0 aliphatic heterocycles. The van der Waals surface area contributed by atoms with Crippen LogP contribution in [0.1, 0.15) is 31.1 Å². The van der Waals surface area contributed by atoms with Crippen LogP contribution < -0.4 is 4.74 Å². The zero-order valence-corrected chi connectivity index (χ0v) is 11.5. The molecule has 0 saturated heterocycles. The molecule has 0 saturated carbocycles. The number of esters is 1. The number of hydrogen-bond donors (Lipinski definition) is 0. The van der Waals surface area contributed by atoms with Gasteiger partial charge in [-0.25, -0.2) is 4.39 Å². The van der Waals surface area contributed by atoms with Gasteiger partial charge in [0.1, 0.15) is 18.2 Å². The third-order valence-corrected chi connectivity index (χ3v) is 2.65. The van der Waals surface area contributed by atoms with Gasteiger partial charge in [-0.2, -0.15) is 0 Å². The molecule has 0 amide bonds. The maximum atomic E-state index is 13.1. The Morgan fingerprint density at radius 1 is 1.32 bits per heavy atom. The topological polar surface area (TPSA) is 52.6 Å². The lowest BCUT2D eigenvalue weighted by Crippen LogP contribution is -2.32. The molecule has 1 aromatic carbocycles. The van der Waals surface area contributed by atoms with E-state index in [4.69, 9.17) is 4.74 Å². The van der Waals surface area contributed by atoms with E-state index < -0.39 is 17.2 Å². The van der Waals surface area contributed by atoms with Crippen molar-refractivity contribution < 1.29 is 23.5 Å². The molecule has 104 valence electrons. The third-order valence-electron chi connectivity index (χ3n) is 2.65. The summed E-state index contributed by atoms with van der Waals surface area (Å²) in [6.07, 6.45) is 0. The number of rotatable bonds is 5. The predicted molar refractivity (Wildman–Crippen MR) is 67.7 cm³/mol. The van der Waals surface area contributed by atoms with Crippen LogP contribution in [-0.2, 0) is 9.53 Å². The maximum Gasteiger partial charge on any atom is 0.314 e. The molecular weight excluding hydrogens is 251 g/mol. The molecule has 0 aliphatic carbocycles. The SMILES string of the molecule is COC(=O)C(C)(C)COc1ccc(F)cc1C(C)=O. The minimum Gasteiger partial charge on any atom is -0.492 e. The van der Waals surface area contributed by atoms with Crippen LogP contribution in [0.4, 0.5) is 4.39 Å². The molecule has 0 bridgehead atoms. The van der Waals surface area contributed by atoms with Gasteiger partial charge < -0.3 is 9.47 Å². The molecule has 0 atom stereocenters. The summed E-state index contributed by atoms with van der Waals surface area (Å²) >= 11 is 0. The van der Waals surface area contributed by atoms with Crippen LogP contribution in [0.15, 0.2) is 18.2 Å². The molecule has 0 radical (unpaired) electrons. The first-order chi connectivity index (χ1) is 8.77. The number of hydrogen-bond acceptors (Lipinski definition) is 4. The quantitative estimate of drug-likeness (QED) is 0.608. The normalized spacial score (nSPS) is 11.0. The Bertz CT molecular complexity index is 494. The summed E-state index contributed by atoms with van der Waals surface area (Å²) in [6, 6.07) is 3.69. The van der Waals surface area contributed by atoms with Gasteiger partial charge in [0.15, 0.2) is 5.78 Å². The van der Waals surface area contributed by atoms with Crippen molar-refractivity contribution in [3.05, 3.63) is 29.6 Å². The van der Waals surface area contributed by atoms with E-state index in [-0.39, 0.29) is 23.7 Å². The van der Waals surface area contributed by atoms with E-state index in [2.05, 4.69) is 4.74 Å². The van der Waals surface area contributed by atoms with Gasteiger partial charge in [-0.15, -0.1) is 0 Å². The molecule has 0 spiro atoms. The van der Waals surface area contributed by atoms with Gasteiger partial charge in [0.25, 0.3) is 0 Å². The molecule has 0 aromatic heterocycles. The standard InChI is InChI=1S/C14H17FO4/c1-9(16)11-7-10(15)5-6-12(11)19-8-14(2,3)13(17)18-4/h5-7H,8H2,1-4H3. The van der Waals surface area contributed by atoms with Crippen molar-refractivity contribution in [2.75, 3.05) is 13.7 Å². The van der Waals surface area contributed by atoms with E-state index in [1.807, 2.05) is 0 Å². The highest BCUT2D eigenvalue weighted by Crippen LogP contribution is 2.24. The second kappa shape index (κ2) is 5.82. The van der Waals surface area contributed by atoms with Crippen molar-refractivity contribution in [1.82, 2.24) is 0 Å². The summed E-state index contributed by atoms with van der Waals surface area (Å²) in [7, 11) is 1.29. The number of carbonyl (C=O) groups excluding carboxylic acids is 2. The third kappa shape index (κ3) is 3.77. The monoisotopic (exact) mass is 268 g/mol.